The van der Waals surface area contributed by atoms with Crippen molar-refractivity contribution in [3.8, 4) is 0 Å². The number of rotatable bonds is 5. The van der Waals surface area contributed by atoms with Crippen LogP contribution in [-0.4, -0.2) is 25.2 Å². The Hall–Kier alpha value is -2.05. The highest BCUT2D eigenvalue weighted by Gasteiger charge is 2.40. The van der Waals surface area contributed by atoms with Crippen LogP contribution in [0.3, 0.4) is 0 Å². The van der Waals surface area contributed by atoms with Crippen molar-refractivity contribution in [2.24, 2.45) is 0 Å². The number of nitrogens with one attached hydrogen (secondary N) is 1. The predicted octanol–water partition coefficient (Wildman–Crippen LogP) is 4.49. The standard InChI is InChI=1S/C19H20Cl2FNO4/c1-5-26-18(24)13-9(3)23-10(4)14(19(25)27-6-2)16(13)15-12(22)8-7-11(20)17(15)21/h7-8,16,23H,5-6H2,1-4H3. The topological polar surface area (TPSA) is 64.6 Å². The molecule has 1 aliphatic rings. The molecule has 2 rings (SSSR count). The average Bonchev–Trinajstić information content (AvgIpc) is 2.58. The highest BCUT2D eigenvalue weighted by atomic mass is 35.5. The first kappa shape index (κ1) is 21.3. The molecule has 0 saturated carbocycles. The first-order chi connectivity index (χ1) is 12.7. The summed E-state index contributed by atoms with van der Waals surface area (Å²) < 4.78 is 25.1. The number of dihydropyridines is 1. The largest absolute Gasteiger partial charge is 0.463 e. The van der Waals surface area contributed by atoms with E-state index in [4.69, 9.17) is 32.7 Å². The molecule has 1 heterocycles. The van der Waals surface area contributed by atoms with Gasteiger partial charge in [0.25, 0.3) is 0 Å². The molecular formula is C19H20Cl2FNO4. The zero-order valence-electron chi connectivity index (χ0n) is 15.4. The van der Waals surface area contributed by atoms with E-state index < -0.39 is 23.7 Å². The Balaban J connectivity index is 2.79. The number of esters is 2. The van der Waals surface area contributed by atoms with E-state index in [9.17, 15) is 14.0 Å². The lowest BCUT2D eigenvalue weighted by Crippen LogP contribution is -2.33. The van der Waals surface area contributed by atoms with Gasteiger partial charge in [-0.3, -0.25) is 0 Å². The van der Waals surface area contributed by atoms with Crippen molar-refractivity contribution in [3.63, 3.8) is 0 Å². The minimum atomic E-state index is -1.12. The highest BCUT2D eigenvalue weighted by Crippen LogP contribution is 2.44. The third kappa shape index (κ3) is 4.12. The fourth-order valence-corrected chi connectivity index (χ4v) is 3.48. The maximum absolute atomic E-state index is 14.8. The molecule has 0 aromatic heterocycles. The van der Waals surface area contributed by atoms with Gasteiger partial charge in [-0.1, -0.05) is 23.2 Å². The maximum atomic E-state index is 14.8. The van der Waals surface area contributed by atoms with Gasteiger partial charge < -0.3 is 14.8 Å². The summed E-state index contributed by atoms with van der Waals surface area (Å²) in [6.07, 6.45) is 0. The lowest BCUT2D eigenvalue weighted by Gasteiger charge is -2.31. The molecule has 0 atom stereocenters. The van der Waals surface area contributed by atoms with Gasteiger partial charge in [0, 0.05) is 17.0 Å². The van der Waals surface area contributed by atoms with Crippen LogP contribution in [0.1, 0.15) is 39.2 Å². The van der Waals surface area contributed by atoms with Gasteiger partial charge in [0.15, 0.2) is 0 Å². The van der Waals surface area contributed by atoms with E-state index in [0.29, 0.717) is 11.4 Å². The van der Waals surface area contributed by atoms with Gasteiger partial charge in [-0.15, -0.1) is 0 Å². The van der Waals surface area contributed by atoms with Crippen molar-refractivity contribution >= 4 is 35.1 Å². The van der Waals surface area contributed by atoms with Crippen molar-refractivity contribution in [2.45, 2.75) is 33.6 Å². The van der Waals surface area contributed by atoms with Gasteiger partial charge in [0.1, 0.15) is 5.82 Å². The number of carbonyl (C=O) groups excluding carboxylic acids is 2. The van der Waals surface area contributed by atoms with Crippen LogP contribution in [0.2, 0.25) is 10.0 Å². The third-order valence-electron chi connectivity index (χ3n) is 4.12. The smallest absolute Gasteiger partial charge is 0.336 e. The molecule has 0 unspecified atom stereocenters. The molecule has 1 aromatic carbocycles. The summed E-state index contributed by atoms with van der Waals surface area (Å²) in [7, 11) is 0. The zero-order chi connectivity index (χ0) is 20.3. The van der Waals surface area contributed by atoms with Gasteiger partial charge in [0.05, 0.1) is 40.3 Å². The van der Waals surface area contributed by atoms with Crippen molar-refractivity contribution in [1.82, 2.24) is 5.32 Å². The molecule has 0 spiro atoms. The molecule has 8 heteroatoms. The lowest BCUT2D eigenvalue weighted by atomic mass is 9.80. The summed E-state index contributed by atoms with van der Waals surface area (Å²) >= 11 is 12.4. The van der Waals surface area contributed by atoms with Crippen LogP contribution in [0.15, 0.2) is 34.7 Å². The summed E-state index contributed by atoms with van der Waals surface area (Å²) in [5.74, 6) is -3.18. The summed E-state index contributed by atoms with van der Waals surface area (Å²) in [4.78, 5) is 25.3. The number of carbonyl (C=O) groups is 2. The summed E-state index contributed by atoms with van der Waals surface area (Å²) in [6.45, 7) is 6.82. The fraction of sp³-hybridized carbons (Fsp3) is 0.368. The van der Waals surface area contributed by atoms with E-state index in [0.717, 1.165) is 6.07 Å². The minimum absolute atomic E-state index is 0.0736. The highest BCUT2D eigenvalue weighted by molar-refractivity contribution is 6.42. The fourth-order valence-electron chi connectivity index (χ4n) is 3.05. The number of ether oxygens (including phenoxy) is 2. The molecule has 0 saturated heterocycles. The second-order valence-corrected chi connectivity index (χ2v) is 6.62. The monoisotopic (exact) mass is 415 g/mol. The van der Waals surface area contributed by atoms with Gasteiger partial charge in [-0.05, 0) is 39.8 Å². The van der Waals surface area contributed by atoms with Gasteiger partial charge in [-0.25, -0.2) is 14.0 Å². The molecule has 0 radical (unpaired) electrons. The van der Waals surface area contributed by atoms with Crippen molar-refractivity contribution in [2.75, 3.05) is 13.2 Å². The van der Waals surface area contributed by atoms with Crippen LogP contribution in [0.5, 0.6) is 0 Å². The zero-order valence-corrected chi connectivity index (χ0v) is 16.9. The Morgan fingerprint density at radius 3 is 1.96 bits per heavy atom. The third-order valence-corrected chi connectivity index (χ3v) is 4.94. The lowest BCUT2D eigenvalue weighted by molar-refractivity contribution is -0.139. The summed E-state index contributed by atoms with van der Waals surface area (Å²) in [6, 6.07) is 2.45. The molecule has 1 N–H and O–H groups in total. The van der Waals surface area contributed by atoms with Crippen LogP contribution in [0, 0.1) is 5.82 Å². The predicted molar refractivity (Wildman–Crippen MR) is 101 cm³/mol. The minimum Gasteiger partial charge on any atom is -0.463 e. The van der Waals surface area contributed by atoms with E-state index in [1.165, 1.54) is 6.07 Å². The number of hydrogen-bond donors (Lipinski definition) is 1. The van der Waals surface area contributed by atoms with Gasteiger partial charge in [-0.2, -0.15) is 0 Å². The molecule has 0 fully saturated rings. The summed E-state index contributed by atoms with van der Waals surface area (Å²) in [5.41, 5.74) is 0.941. The van der Waals surface area contributed by atoms with Crippen LogP contribution < -0.4 is 5.32 Å². The van der Waals surface area contributed by atoms with Crippen LogP contribution in [0.4, 0.5) is 4.39 Å². The number of hydrogen-bond acceptors (Lipinski definition) is 5. The molecule has 27 heavy (non-hydrogen) atoms. The normalized spacial score (nSPS) is 14.9. The Bertz CT molecular complexity index is 808. The van der Waals surface area contributed by atoms with E-state index >= 15 is 0 Å². The Morgan fingerprint density at radius 2 is 1.52 bits per heavy atom. The average molecular weight is 416 g/mol. The molecule has 5 nitrogen and oxygen atoms in total. The van der Waals surface area contributed by atoms with Crippen molar-refractivity contribution < 1.29 is 23.5 Å². The second kappa shape index (κ2) is 8.76. The first-order valence-electron chi connectivity index (χ1n) is 8.40. The van der Waals surface area contributed by atoms with E-state index in [2.05, 4.69) is 5.32 Å². The van der Waals surface area contributed by atoms with Crippen molar-refractivity contribution in [1.29, 1.82) is 0 Å². The van der Waals surface area contributed by atoms with Crippen LogP contribution >= 0.6 is 23.2 Å². The molecule has 1 aliphatic heterocycles. The molecule has 0 aliphatic carbocycles. The second-order valence-electron chi connectivity index (χ2n) is 5.83. The Kier molecular flexibility index (Phi) is 6.89. The molecule has 0 amide bonds. The molecule has 146 valence electrons. The number of benzene rings is 1. The van der Waals surface area contributed by atoms with E-state index in [1.807, 2.05) is 0 Å². The van der Waals surface area contributed by atoms with Gasteiger partial charge >= 0.3 is 11.9 Å². The van der Waals surface area contributed by atoms with Gasteiger partial charge in [0.2, 0.25) is 0 Å². The van der Waals surface area contributed by atoms with Crippen LogP contribution in [0.25, 0.3) is 0 Å². The maximum Gasteiger partial charge on any atom is 0.336 e. The Labute approximate surface area is 167 Å². The summed E-state index contributed by atoms with van der Waals surface area (Å²) in [5, 5.41) is 3.00. The molecule has 0 bridgehead atoms. The molecular weight excluding hydrogens is 396 g/mol. The van der Waals surface area contributed by atoms with E-state index in [-0.39, 0.29) is 40.0 Å². The van der Waals surface area contributed by atoms with Crippen molar-refractivity contribution in [3.05, 3.63) is 56.1 Å². The first-order valence-corrected chi connectivity index (χ1v) is 9.16. The van der Waals surface area contributed by atoms with E-state index in [1.54, 1.807) is 27.7 Å². The Morgan fingerprint density at radius 1 is 1.04 bits per heavy atom. The SMILES string of the molecule is CCOC(=O)C1=C(C)NC(C)=C(C(=O)OCC)C1c1c(F)ccc(Cl)c1Cl. The number of halogens is 3. The van der Waals surface area contributed by atoms with Crippen LogP contribution in [-0.2, 0) is 19.1 Å². The number of allylic oxidation sites excluding steroid dienone is 2. The quantitative estimate of drug-likeness (QED) is 0.566. The molecule has 1 aromatic rings.